The van der Waals surface area contributed by atoms with Gasteiger partial charge in [-0.25, -0.2) is 22.0 Å². The van der Waals surface area contributed by atoms with Crippen molar-refractivity contribution in [2.75, 3.05) is 120 Å². The van der Waals surface area contributed by atoms with Crippen molar-refractivity contribution in [3.8, 4) is 45.0 Å². The van der Waals surface area contributed by atoms with E-state index in [9.17, 15) is 27.1 Å². The second-order valence-electron chi connectivity index (χ2n) is 30.1. The third-order valence-electron chi connectivity index (χ3n) is 19.9. The molecule has 2 unspecified atom stereocenters. The lowest BCUT2D eigenvalue weighted by atomic mass is 9.97. The van der Waals surface area contributed by atoms with Crippen LogP contribution in [0.15, 0.2) is 151 Å². The third kappa shape index (κ3) is 25.5. The van der Waals surface area contributed by atoms with Gasteiger partial charge in [-0.3, -0.25) is 24.0 Å². The van der Waals surface area contributed by atoms with Crippen molar-refractivity contribution in [1.29, 1.82) is 0 Å². The van der Waals surface area contributed by atoms with Gasteiger partial charge >= 0.3 is 0 Å². The smallest absolute Gasteiger partial charge is 0.225 e. The Morgan fingerprint density at radius 3 is 1.35 bits per heavy atom. The van der Waals surface area contributed by atoms with E-state index >= 15 is 0 Å². The molecule has 14 rings (SSSR count). The number of hydrogen-bond donors (Lipinski definition) is 3. The van der Waals surface area contributed by atoms with Crippen LogP contribution in [0.3, 0.4) is 0 Å². The van der Waals surface area contributed by atoms with Crippen LogP contribution in [0, 0.1) is 46.8 Å². The molecule has 20 nitrogen and oxygen atoms in total. The first-order chi connectivity index (χ1) is 53.8. The first kappa shape index (κ1) is 85.0. The molecule has 1 saturated carbocycles. The average Bonchev–Trinajstić information content (AvgIpc) is 1.65. The minimum absolute atomic E-state index is 0.202. The lowest BCUT2D eigenvalue weighted by Gasteiger charge is -2.26. The fourth-order valence-electron chi connectivity index (χ4n) is 14.0. The molecule has 3 N–H and O–H groups in total. The van der Waals surface area contributed by atoms with Crippen LogP contribution in [0.5, 0.6) is 0 Å². The maximum atomic E-state index is 13.3. The van der Waals surface area contributed by atoms with E-state index < -0.39 is 6.10 Å². The van der Waals surface area contributed by atoms with Crippen LogP contribution in [0.4, 0.5) is 22.0 Å². The fraction of sp³-hybridized carbons (Fsp3) is 0.488. The summed E-state index contributed by atoms with van der Waals surface area (Å²) in [5.41, 5.74) is 14.2. The van der Waals surface area contributed by atoms with E-state index in [2.05, 4.69) is 118 Å². The van der Waals surface area contributed by atoms with E-state index in [1.807, 2.05) is 47.2 Å². The second kappa shape index (κ2) is 43.0. The molecular formula is C86H115F5N15O5+. The van der Waals surface area contributed by atoms with Crippen LogP contribution in [-0.2, 0) is 53.5 Å². The van der Waals surface area contributed by atoms with Crippen molar-refractivity contribution in [2.24, 2.45) is 22.9 Å². The number of aromatic amines is 1. The number of H-pyrrole nitrogens is 1. The van der Waals surface area contributed by atoms with Crippen molar-refractivity contribution in [1.82, 2.24) is 64.0 Å². The number of nitrogens with one attached hydrogen (secondary N) is 1. The van der Waals surface area contributed by atoms with Crippen LogP contribution >= 0.6 is 0 Å². The Bertz CT molecular complexity index is 4180. The minimum atomic E-state index is -0.850. The van der Waals surface area contributed by atoms with Gasteiger partial charge in [0.25, 0.3) is 0 Å². The summed E-state index contributed by atoms with van der Waals surface area (Å²) >= 11 is 0. The summed E-state index contributed by atoms with van der Waals surface area (Å²) in [6.45, 7) is 26.7. The van der Waals surface area contributed by atoms with E-state index in [-0.39, 0.29) is 48.2 Å². The molecule has 4 aliphatic heterocycles. The standard InChI is InChI=1S/C18H25FN3O.C18H24FN3O.C17H24FN3O2.C17H22FN3O.C16H20FN3/c1-3-8-21(2)11-16-9-20-22(10-14-12-23-13-14)18(16)15-4-6-17(19)7-5-15;1-3-8-21(2)10-16-11-22(9-14-12-23-13-14)20-18(16)15-4-6-17(19)7-5-15;1-3-8-20(2)9-14-10-21(11-16(23)12-22)19-17(14)13-4-6-15(18)7-5-13;1-3-8-20(2)9-14-10-21(16-11-22-12-16)19-17(14)13-4-6-15(18)7-5-13;1-2-9-20(15-7-8-15)11-13-10-18-19-16(13)12-3-5-14(17)6-4-12/h4-7,9,14,16H,3,8,10-13H2,1-2H3;4-7,11,14H,3,8-10,12-13H2,1-2H3;4-7,10,16,22-23H,3,8-9,11-12H2,1-2H3;4-7,10,16H,3,8-9,11-12H2,1-2H3;3-6,10,15H,2,7-9,11H2,1H3,(H,18,19)/q+1;;;;. The zero-order chi connectivity index (χ0) is 78.8. The lowest BCUT2D eigenvalue weighted by Crippen LogP contribution is -2.37. The summed E-state index contributed by atoms with van der Waals surface area (Å²) in [5.74, 6) is 0.204. The quantitative estimate of drug-likeness (QED) is 0.0256. The summed E-state index contributed by atoms with van der Waals surface area (Å²) in [4.78, 5) is 11.6. The number of hydrogen-bond acceptors (Lipinski definition) is 15. The van der Waals surface area contributed by atoms with Crippen molar-refractivity contribution >= 4 is 11.9 Å². The SMILES string of the molecule is CCCN(C)CC1C=N[N+](CC2COC2)=C1c1ccc(F)cc1.CCCN(C)Cc1cn(C2COC2)nc1-c1ccc(F)cc1.CCCN(C)Cc1cn(CC(O)CO)nc1-c1ccc(F)cc1.CCCN(C)Cc1cn(CC2COC2)nc1-c1ccc(F)cc1.CCCN(Cc1cn[nH]c1-c1ccc(F)cc1)C1CC1. The van der Waals surface area contributed by atoms with Gasteiger partial charge in [0.1, 0.15) is 35.0 Å². The van der Waals surface area contributed by atoms with Crippen LogP contribution in [0.25, 0.3) is 45.0 Å². The van der Waals surface area contributed by atoms with Gasteiger partial charge in [-0.2, -0.15) is 20.4 Å². The third-order valence-corrected chi connectivity index (χ3v) is 19.9. The highest BCUT2D eigenvalue weighted by Crippen LogP contribution is 2.33. The molecule has 3 saturated heterocycles. The number of aliphatic hydroxyl groups is 2. The summed E-state index contributed by atoms with van der Waals surface area (Å²) in [7, 11) is 8.41. The summed E-state index contributed by atoms with van der Waals surface area (Å²) in [6, 6.07) is 33.8. The highest BCUT2D eigenvalue weighted by molar-refractivity contribution is 6.08. The van der Waals surface area contributed by atoms with E-state index in [0.717, 1.165) is 206 Å². The van der Waals surface area contributed by atoms with Gasteiger partial charge in [0, 0.05) is 120 Å². The topological polar surface area (TPSA) is 182 Å². The molecule has 8 heterocycles. The van der Waals surface area contributed by atoms with Crippen molar-refractivity contribution in [3.63, 3.8) is 0 Å². The Balaban J connectivity index is 0.000000148. The Kier molecular flexibility index (Phi) is 32.9. The molecule has 4 aromatic heterocycles. The number of aliphatic hydroxyl groups excluding tert-OH is 2. The maximum Gasteiger partial charge on any atom is 0.225 e. The second-order valence-corrected chi connectivity index (χ2v) is 30.1. The Labute approximate surface area is 652 Å². The molecule has 1 aliphatic carbocycles. The van der Waals surface area contributed by atoms with Gasteiger partial charge in [0.05, 0.1) is 106 Å². The molecule has 25 heteroatoms. The van der Waals surface area contributed by atoms with Gasteiger partial charge in [-0.15, -0.1) is 0 Å². The Morgan fingerprint density at radius 1 is 0.495 bits per heavy atom. The maximum absolute atomic E-state index is 13.3. The van der Waals surface area contributed by atoms with Gasteiger partial charge in [0.2, 0.25) is 5.71 Å². The first-order valence-electron chi connectivity index (χ1n) is 39.5. The normalized spacial score (nSPS) is 15.9. The molecule has 2 atom stereocenters. The van der Waals surface area contributed by atoms with Gasteiger partial charge in [-0.1, -0.05) is 39.3 Å². The zero-order valence-electron chi connectivity index (χ0n) is 66.3. The summed E-state index contributed by atoms with van der Waals surface area (Å²) in [5, 5.41) is 44.5. The van der Waals surface area contributed by atoms with Crippen LogP contribution in [0.2, 0.25) is 0 Å². The molecule has 111 heavy (non-hydrogen) atoms. The molecule has 598 valence electrons. The molecular weight excluding hydrogens is 1420 g/mol. The van der Waals surface area contributed by atoms with Crippen molar-refractivity contribution < 1.29 is 51.1 Å². The van der Waals surface area contributed by atoms with Gasteiger partial charge in [-0.05, 0) is 232 Å². The van der Waals surface area contributed by atoms with Crippen LogP contribution in [0.1, 0.15) is 113 Å². The summed E-state index contributed by atoms with van der Waals surface area (Å²) in [6.07, 6.45) is 17.4. The number of aromatic nitrogens is 8. The highest BCUT2D eigenvalue weighted by atomic mass is 19.1. The Morgan fingerprint density at radius 2 is 0.919 bits per heavy atom. The predicted molar refractivity (Wildman–Crippen MR) is 427 cm³/mol. The van der Waals surface area contributed by atoms with Gasteiger partial charge in [0.15, 0.2) is 6.54 Å². The molecule has 5 aliphatic rings. The molecule has 0 amide bonds. The van der Waals surface area contributed by atoms with Crippen molar-refractivity contribution in [2.45, 2.75) is 137 Å². The van der Waals surface area contributed by atoms with Crippen LogP contribution in [-0.4, -0.2) is 223 Å². The molecule has 9 aromatic rings. The Hall–Kier alpha value is -8.47. The lowest BCUT2D eigenvalue weighted by molar-refractivity contribution is -0.542. The number of rotatable bonds is 34. The van der Waals surface area contributed by atoms with E-state index in [1.54, 1.807) is 53.2 Å². The first-order valence-corrected chi connectivity index (χ1v) is 39.5. The van der Waals surface area contributed by atoms with E-state index in [4.69, 9.17) is 29.5 Å². The average molecular weight is 1530 g/mol. The molecule has 0 bridgehead atoms. The number of hydrazone groups is 1. The van der Waals surface area contributed by atoms with E-state index in [0.29, 0.717) is 17.9 Å². The highest BCUT2D eigenvalue weighted by Gasteiger charge is 2.37. The summed E-state index contributed by atoms with van der Waals surface area (Å²) < 4.78 is 89.3. The largest absolute Gasteiger partial charge is 0.394 e. The number of benzene rings is 5. The minimum Gasteiger partial charge on any atom is -0.394 e. The molecule has 4 fully saturated rings. The molecule has 0 spiro atoms. The predicted octanol–water partition coefficient (Wildman–Crippen LogP) is 14.0. The number of ether oxygens (including phenoxy) is 3. The zero-order valence-corrected chi connectivity index (χ0v) is 66.3. The molecule has 0 radical (unpaired) electrons. The van der Waals surface area contributed by atoms with Crippen molar-refractivity contribution in [3.05, 3.63) is 203 Å². The van der Waals surface area contributed by atoms with E-state index in [1.165, 1.54) is 102 Å². The number of halogens is 5. The monoisotopic (exact) mass is 1530 g/mol. The van der Waals surface area contributed by atoms with Crippen LogP contribution < -0.4 is 0 Å². The molecule has 5 aromatic carbocycles. The fourth-order valence-corrected chi connectivity index (χ4v) is 14.0. The number of nitrogens with zero attached hydrogens (tertiary/aromatic N) is 14. The van der Waals surface area contributed by atoms with Gasteiger partial charge < -0.3 is 44.0 Å².